The third-order valence-corrected chi connectivity index (χ3v) is 5.69. The molecule has 0 aromatic rings. The number of nitrogens with zero attached hydrogens (tertiary/aromatic N) is 1. The van der Waals surface area contributed by atoms with Crippen molar-refractivity contribution in [2.24, 2.45) is 0 Å². The van der Waals surface area contributed by atoms with Crippen LogP contribution >= 0.6 is 0 Å². The molecule has 0 aliphatic carbocycles. The van der Waals surface area contributed by atoms with E-state index in [1.54, 1.807) is 0 Å². The van der Waals surface area contributed by atoms with Crippen molar-refractivity contribution in [1.82, 2.24) is 15.5 Å². The molecule has 2 unspecified atom stereocenters. The summed E-state index contributed by atoms with van der Waals surface area (Å²) in [4.78, 5) is 2.75. The Morgan fingerprint density at radius 3 is 2.00 bits per heavy atom. The Kier molecular flexibility index (Phi) is 15.6. The van der Waals surface area contributed by atoms with Gasteiger partial charge in [-0.2, -0.15) is 0 Å². The highest BCUT2D eigenvalue weighted by atomic mass is 15.2. The van der Waals surface area contributed by atoms with Crippen LogP contribution in [0.3, 0.4) is 0 Å². The molecular weight excluding hydrogens is 318 g/mol. The minimum absolute atomic E-state index is 0.624. The number of hydrogen-bond donors (Lipinski definition) is 2. The van der Waals surface area contributed by atoms with Crippen molar-refractivity contribution in [2.45, 2.75) is 109 Å². The molecule has 1 aliphatic rings. The molecule has 0 amide bonds. The zero-order chi connectivity index (χ0) is 18.9. The summed E-state index contributed by atoms with van der Waals surface area (Å²) in [5.74, 6) is 0. The molecule has 1 fully saturated rings. The standard InChI is InChI=1S/C23H48N3/c1-4-7-10-13-16-22-19-24-20-23(25-22)21-26(17-14-11-8-5-2)18-15-12-9-6-3/h22-25H,1,4-21H2,2-3H3. The normalized spacial score (nSPS) is 20.8. The molecule has 0 saturated carbocycles. The highest BCUT2D eigenvalue weighted by Crippen LogP contribution is 2.10. The van der Waals surface area contributed by atoms with E-state index in [9.17, 15) is 0 Å². The lowest BCUT2D eigenvalue weighted by molar-refractivity contribution is 0.203. The van der Waals surface area contributed by atoms with Gasteiger partial charge in [-0.05, 0) is 32.4 Å². The summed E-state index contributed by atoms with van der Waals surface area (Å²) < 4.78 is 0. The van der Waals surface area contributed by atoms with Gasteiger partial charge in [0.05, 0.1) is 0 Å². The Hall–Kier alpha value is -0.120. The molecule has 1 rings (SSSR count). The van der Waals surface area contributed by atoms with Crippen LogP contribution in [0, 0.1) is 6.92 Å². The van der Waals surface area contributed by atoms with Crippen LogP contribution < -0.4 is 10.6 Å². The third-order valence-electron chi connectivity index (χ3n) is 5.69. The molecule has 1 radical (unpaired) electrons. The first-order chi connectivity index (χ1) is 12.8. The molecule has 0 aromatic heterocycles. The van der Waals surface area contributed by atoms with Gasteiger partial charge in [0.15, 0.2) is 0 Å². The van der Waals surface area contributed by atoms with Crippen LogP contribution in [-0.4, -0.2) is 49.7 Å². The van der Waals surface area contributed by atoms with Crippen LogP contribution in [0.5, 0.6) is 0 Å². The first-order valence-corrected chi connectivity index (χ1v) is 11.8. The van der Waals surface area contributed by atoms with Gasteiger partial charge in [-0.25, -0.2) is 0 Å². The van der Waals surface area contributed by atoms with E-state index in [0.717, 1.165) is 19.5 Å². The van der Waals surface area contributed by atoms with Gasteiger partial charge in [0.1, 0.15) is 0 Å². The number of nitrogens with one attached hydrogen (secondary N) is 2. The second-order valence-electron chi connectivity index (χ2n) is 8.34. The highest BCUT2D eigenvalue weighted by molar-refractivity contribution is 4.85. The van der Waals surface area contributed by atoms with Crippen LogP contribution in [0.2, 0.25) is 0 Å². The summed E-state index contributed by atoms with van der Waals surface area (Å²) >= 11 is 0. The van der Waals surface area contributed by atoms with Crippen LogP contribution in [0.4, 0.5) is 0 Å². The quantitative estimate of drug-likeness (QED) is 0.348. The maximum absolute atomic E-state index is 3.95. The van der Waals surface area contributed by atoms with Gasteiger partial charge in [-0.15, -0.1) is 0 Å². The zero-order valence-corrected chi connectivity index (χ0v) is 18.0. The lowest BCUT2D eigenvalue weighted by atomic mass is 10.0. The van der Waals surface area contributed by atoms with Crippen molar-refractivity contribution in [2.75, 3.05) is 32.7 Å². The van der Waals surface area contributed by atoms with Gasteiger partial charge in [-0.1, -0.05) is 85.0 Å². The predicted octanol–water partition coefficient (Wildman–Crippen LogP) is 5.16. The molecule has 0 bridgehead atoms. The third kappa shape index (κ3) is 12.3. The Morgan fingerprint density at radius 1 is 0.769 bits per heavy atom. The van der Waals surface area contributed by atoms with E-state index in [0.29, 0.717) is 12.1 Å². The summed E-state index contributed by atoms with van der Waals surface area (Å²) in [5.41, 5.74) is 0. The van der Waals surface area contributed by atoms with E-state index >= 15 is 0 Å². The number of piperazine rings is 1. The number of hydrogen-bond acceptors (Lipinski definition) is 3. The fourth-order valence-corrected chi connectivity index (χ4v) is 4.06. The van der Waals surface area contributed by atoms with Crippen molar-refractivity contribution >= 4 is 0 Å². The molecular formula is C23H48N3. The molecule has 3 nitrogen and oxygen atoms in total. The second kappa shape index (κ2) is 17.0. The van der Waals surface area contributed by atoms with Gasteiger partial charge in [0.25, 0.3) is 0 Å². The molecule has 155 valence electrons. The van der Waals surface area contributed by atoms with Crippen molar-refractivity contribution in [3.8, 4) is 0 Å². The maximum Gasteiger partial charge on any atom is 0.0323 e. The van der Waals surface area contributed by atoms with Gasteiger partial charge in [0.2, 0.25) is 0 Å². The Bertz CT molecular complexity index is 283. The molecule has 1 heterocycles. The lowest BCUT2D eigenvalue weighted by Crippen LogP contribution is -2.58. The van der Waals surface area contributed by atoms with E-state index < -0.39 is 0 Å². The molecule has 2 atom stereocenters. The van der Waals surface area contributed by atoms with Crippen LogP contribution in [0.15, 0.2) is 0 Å². The average molecular weight is 367 g/mol. The fraction of sp³-hybridized carbons (Fsp3) is 0.957. The molecule has 26 heavy (non-hydrogen) atoms. The van der Waals surface area contributed by atoms with Crippen molar-refractivity contribution in [3.63, 3.8) is 0 Å². The monoisotopic (exact) mass is 366 g/mol. The fourth-order valence-electron chi connectivity index (χ4n) is 4.06. The van der Waals surface area contributed by atoms with Crippen molar-refractivity contribution < 1.29 is 0 Å². The predicted molar refractivity (Wildman–Crippen MR) is 117 cm³/mol. The summed E-state index contributed by atoms with van der Waals surface area (Å²) in [5, 5.41) is 7.63. The number of unbranched alkanes of at least 4 members (excludes halogenated alkanes) is 9. The van der Waals surface area contributed by atoms with Crippen molar-refractivity contribution in [3.05, 3.63) is 6.92 Å². The second-order valence-corrected chi connectivity index (χ2v) is 8.34. The smallest absolute Gasteiger partial charge is 0.0323 e. The molecule has 1 saturated heterocycles. The van der Waals surface area contributed by atoms with Gasteiger partial charge < -0.3 is 15.5 Å². The minimum atomic E-state index is 0.624. The van der Waals surface area contributed by atoms with Crippen LogP contribution in [0.1, 0.15) is 97.3 Å². The van der Waals surface area contributed by atoms with E-state index in [2.05, 4.69) is 36.3 Å². The first kappa shape index (κ1) is 23.9. The Labute approximate surface area is 165 Å². The van der Waals surface area contributed by atoms with Crippen LogP contribution in [0.25, 0.3) is 0 Å². The Morgan fingerprint density at radius 2 is 1.38 bits per heavy atom. The van der Waals surface area contributed by atoms with E-state index in [1.165, 1.54) is 96.7 Å². The van der Waals surface area contributed by atoms with E-state index in [-0.39, 0.29) is 0 Å². The minimum Gasteiger partial charge on any atom is -0.314 e. The van der Waals surface area contributed by atoms with Gasteiger partial charge >= 0.3 is 0 Å². The topological polar surface area (TPSA) is 27.3 Å². The molecule has 0 spiro atoms. The Balaban J connectivity index is 2.32. The lowest BCUT2D eigenvalue weighted by Gasteiger charge is -2.35. The first-order valence-electron chi connectivity index (χ1n) is 11.8. The average Bonchev–Trinajstić information content (AvgIpc) is 2.66. The van der Waals surface area contributed by atoms with E-state index in [4.69, 9.17) is 0 Å². The SMILES string of the molecule is [CH2]CCCCCC1CNCC(CN(CCCCCC)CCCCCC)N1. The molecule has 1 aliphatic heterocycles. The van der Waals surface area contributed by atoms with Crippen molar-refractivity contribution in [1.29, 1.82) is 0 Å². The summed E-state index contributed by atoms with van der Waals surface area (Å²) in [6.45, 7) is 14.6. The zero-order valence-electron chi connectivity index (χ0n) is 18.0. The van der Waals surface area contributed by atoms with Gasteiger partial charge in [-0.3, -0.25) is 0 Å². The molecule has 2 N–H and O–H groups in total. The molecule has 0 aromatic carbocycles. The highest BCUT2D eigenvalue weighted by Gasteiger charge is 2.22. The maximum atomic E-state index is 3.95. The van der Waals surface area contributed by atoms with Crippen LogP contribution in [-0.2, 0) is 0 Å². The van der Waals surface area contributed by atoms with E-state index in [1.807, 2.05) is 0 Å². The number of rotatable bonds is 17. The largest absolute Gasteiger partial charge is 0.314 e. The molecule has 3 heteroatoms. The summed E-state index contributed by atoms with van der Waals surface area (Å²) in [6, 6.07) is 1.29. The van der Waals surface area contributed by atoms with Gasteiger partial charge in [0, 0.05) is 31.7 Å². The summed E-state index contributed by atoms with van der Waals surface area (Å²) in [7, 11) is 0. The summed E-state index contributed by atoms with van der Waals surface area (Å²) in [6.07, 6.45) is 17.4.